The first-order valence-electron chi connectivity index (χ1n) is 7.47. The third kappa shape index (κ3) is 3.08. The summed E-state index contributed by atoms with van der Waals surface area (Å²) in [6.07, 6.45) is 5.03. The molecule has 0 spiro atoms. The van der Waals surface area contributed by atoms with Gasteiger partial charge in [-0.3, -0.25) is 0 Å². The second-order valence-electron chi connectivity index (χ2n) is 5.67. The van der Waals surface area contributed by atoms with Gasteiger partial charge in [-0.2, -0.15) is 0 Å². The molecule has 112 valence electrons. The van der Waals surface area contributed by atoms with Crippen LogP contribution in [0.3, 0.4) is 0 Å². The minimum absolute atomic E-state index is 0.605. The van der Waals surface area contributed by atoms with Crippen molar-refractivity contribution in [3.63, 3.8) is 0 Å². The highest BCUT2D eigenvalue weighted by atomic mass is 16.5. The number of rotatable bonds is 6. The first-order chi connectivity index (χ1) is 10.3. The lowest BCUT2D eigenvalue weighted by atomic mass is 9.75. The average molecular weight is 286 g/mol. The monoisotopic (exact) mass is 286 g/mol. The Labute approximate surface area is 125 Å². The first-order valence-corrected chi connectivity index (χ1v) is 7.47. The molecular formula is C16H22N4O. The van der Waals surface area contributed by atoms with Crippen LogP contribution in [-0.2, 0) is 13.5 Å². The number of nitrogens with one attached hydrogen (secondary N) is 1. The molecule has 1 aromatic carbocycles. The molecule has 1 N–H and O–H groups in total. The number of hydrogen-bond acceptors (Lipinski definition) is 4. The van der Waals surface area contributed by atoms with Crippen LogP contribution in [-0.4, -0.2) is 34.5 Å². The second-order valence-corrected chi connectivity index (χ2v) is 5.67. The van der Waals surface area contributed by atoms with Gasteiger partial charge in [0.05, 0.1) is 7.11 Å². The summed E-state index contributed by atoms with van der Waals surface area (Å²) in [5, 5.41) is 11.6. The van der Waals surface area contributed by atoms with E-state index in [1.807, 2.05) is 23.7 Å². The van der Waals surface area contributed by atoms with Crippen molar-refractivity contribution in [2.75, 3.05) is 13.7 Å². The van der Waals surface area contributed by atoms with Gasteiger partial charge in [0.15, 0.2) is 0 Å². The van der Waals surface area contributed by atoms with Gasteiger partial charge in [-0.1, -0.05) is 18.2 Å². The van der Waals surface area contributed by atoms with Gasteiger partial charge < -0.3 is 14.6 Å². The summed E-state index contributed by atoms with van der Waals surface area (Å²) in [5.74, 6) is 2.66. The van der Waals surface area contributed by atoms with Crippen molar-refractivity contribution in [1.29, 1.82) is 0 Å². The van der Waals surface area contributed by atoms with E-state index in [-0.39, 0.29) is 0 Å². The summed E-state index contributed by atoms with van der Waals surface area (Å²) < 4.78 is 7.41. The van der Waals surface area contributed by atoms with Gasteiger partial charge in [-0.25, -0.2) is 0 Å². The van der Waals surface area contributed by atoms with E-state index in [0.717, 1.165) is 24.5 Å². The van der Waals surface area contributed by atoms with E-state index in [9.17, 15) is 0 Å². The van der Waals surface area contributed by atoms with Crippen LogP contribution in [0.2, 0.25) is 0 Å². The van der Waals surface area contributed by atoms with Gasteiger partial charge in [-0.15, -0.1) is 10.2 Å². The zero-order valence-electron chi connectivity index (χ0n) is 12.6. The van der Waals surface area contributed by atoms with Crippen molar-refractivity contribution < 1.29 is 4.74 Å². The Hall–Kier alpha value is -1.88. The minimum atomic E-state index is 0.605. The van der Waals surface area contributed by atoms with E-state index in [2.05, 4.69) is 27.6 Å². The van der Waals surface area contributed by atoms with E-state index >= 15 is 0 Å². The number of ether oxygens (including phenoxy) is 1. The van der Waals surface area contributed by atoms with Crippen molar-refractivity contribution >= 4 is 0 Å². The van der Waals surface area contributed by atoms with Gasteiger partial charge >= 0.3 is 0 Å². The number of hydrogen-bond donors (Lipinski definition) is 1. The maximum Gasteiger partial charge on any atom is 0.133 e. The fourth-order valence-electron chi connectivity index (χ4n) is 2.96. The van der Waals surface area contributed by atoms with Gasteiger partial charge in [0.2, 0.25) is 0 Å². The highest BCUT2D eigenvalue weighted by Crippen LogP contribution is 2.40. The number of nitrogens with zero attached hydrogens (tertiary/aromatic N) is 3. The zero-order valence-corrected chi connectivity index (χ0v) is 12.6. The van der Waals surface area contributed by atoms with Gasteiger partial charge in [0, 0.05) is 26.1 Å². The molecule has 0 aliphatic heterocycles. The molecule has 3 rings (SSSR count). The number of aryl methyl sites for hydroxylation is 1. The Kier molecular flexibility index (Phi) is 4.20. The number of aromatic nitrogens is 3. The van der Waals surface area contributed by atoms with Crippen molar-refractivity contribution in [3.8, 4) is 5.75 Å². The Balaban J connectivity index is 1.45. The van der Waals surface area contributed by atoms with Gasteiger partial charge in [0.1, 0.15) is 17.9 Å². The summed E-state index contributed by atoms with van der Waals surface area (Å²) >= 11 is 0. The molecule has 0 bridgehead atoms. The Morgan fingerprint density at radius 2 is 2.14 bits per heavy atom. The van der Waals surface area contributed by atoms with Crippen molar-refractivity contribution in [2.24, 2.45) is 7.05 Å². The highest BCUT2D eigenvalue weighted by molar-refractivity contribution is 5.37. The Morgan fingerprint density at radius 1 is 1.33 bits per heavy atom. The quantitative estimate of drug-likeness (QED) is 0.881. The molecule has 1 aliphatic carbocycles. The molecule has 0 amide bonds. The maximum absolute atomic E-state index is 5.44. The summed E-state index contributed by atoms with van der Waals surface area (Å²) in [4.78, 5) is 0. The molecule has 1 aliphatic rings. The molecule has 1 heterocycles. The fourth-order valence-corrected chi connectivity index (χ4v) is 2.96. The summed E-state index contributed by atoms with van der Waals surface area (Å²) in [6, 6.07) is 8.95. The third-order valence-corrected chi connectivity index (χ3v) is 4.30. The highest BCUT2D eigenvalue weighted by Gasteiger charge is 2.31. The maximum atomic E-state index is 5.44. The molecule has 0 radical (unpaired) electrons. The van der Waals surface area contributed by atoms with E-state index in [4.69, 9.17) is 4.74 Å². The summed E-state index contributed by atoms with van der Waals surface area (Å²) in [6.45, 7) is 0.954. The molecule has 0 saturated heterocycles. The van der Waals surface area contributed by atoms with Crippen molar-refractivity contribution in [3.05, 3.63) is 42.0 Å². The van der Waals surface area contributed by atoms with Gasteiger partial charge in [0.25, 0.3) is 0 Å². The van der Waals surface area contributed by atoms with Gasteiger partial charge in [-0.05, 0) is 30.4 Å². The Morgan fingerprint density at radius 3 is 2.86 bits per heavy atom. The smallest absolute Gasteiger partial charge is 0.133 e. The lowest BCUT2D eigenvalue weighted by Crippen LogP contribution is -2.41. The van der Waals surface area contributed by atoms with Crippen molar-refractivity contribution in [1.82, 2.24) is 20.1 Å². The number of benzene rings is 1. The molecule has 21 heavy (non-hydrogen) atoms. The lowest BCUT2D eigenvalue weighted by Gasteiger charge is -2.37. The molecule has 0 atom stereocenters. The van der Waals surface area contributed by atoms with E-state index in [0.29, 0.717) is 12.0 Å². The van der Waals surface area contributed by atoms with Crippen LogP contribution in [0.25, 0.3) is 0 Å². The van der Waals surface area contributed by atoms with Crippen LogP contribution < -0.4 is 10.1 Å². The second kappa shape index (κ2) is 6.26. The minimum Gasteiger partial charge on any atom is -0.496 e. The molecule has 5 heteroatoms. The average Bonchev–Trinajstić information content (AvgIpc) is 2.87. The topological polar surface area (TPSA) is 52.0 Å². The van der Waals surface area contributed by atoms with Crippen LogP contribution in [0.1, 0.15) is 30.1 Å². The Bertz CT molecular complexity index is 589. The summed E-state index contributed by atoms with van der Waals surface area (Å²) in [5.41, 5.74) is 1.34. The molecule has 0 unspecified atom stereocenters. The molecule has 1 fully saturated rings. The van der Waals surface area contributed by atoms with Crippen LogP contribution >= 0.6 is 0 Å². The zero-order chi connectivity index (χ0) is 14.7. The predicted molar refractivity (Wildman–Crippen MR) is 81.5 cm³/mol. The van der Waals surface area contributed by atoms with Crippen LogP contribution in [0.5, 0.6) is 5.75 Å². The molecule has 1 aromatic heterocycles. The standard InChI is InChI=1S/C16H22N4O/c1-20-11-18-19-16(20)7-8-17-13-9-12(10-13)14-5-3-4-6-15(14)21-2/h3-6,11-13,17H,7-10H2,1-2H3. The predicted octanol–water partition coefficient (Wildman–Crippen LogP) is 1.90. The largest absolute Gasteiger partial charge is 0.496 e. The SMILES string of the molecule is COc1ccccc1C1CC(NCCc2nncn2C)C1. The fraction of sp³-hybridized carbons (Fsp3) is 0.500. The molecule has 2 aromatic rings. The molecule has 1 saturated carbocycles. The third-order valence-electron chi connectivity index (χ3n) is 4.30. The first kappa shape index (κ1) is 14.1. The summed E-state index contributed by atoms with van der Waals surface area (Å²) in [7, 11) is 3.73. The van der Waals surface area contributed by atoms with Crippen LogP contribution in [0, 0.1) is 0 Å². The molecular weight excluding hydrogens is 264 g/mol. The number of methoxy groups -OCH3 is 1. The number of para-hydroxylation sites is 1. The molecule has 5 nitrogen and oxygen atoms in total. The van der Waals surface area contributed by atoms with Crippen LogP contribution in [0.15, 0.2) is 30.6 Å². The lowest BCUT2D eigenvalue weighted by molar-refractivity contribution is 0.284. The van der Waals surface area contributed by atoms with Crippen molar-refractivity contribution in [2.45, 2.75) is 31.2 Å². The normalized spacial score (nSPS) is 21.0. The van der Waals surface area contributed by atoms with E-state index < -0.39 is 0 Å². The van der Waals surface area contributed by atoms with E-state index in [1.54, 1.807) is 13.4 Å². The van der Waals surface area contributed by atoms with E-state index in [1.165, 1.54) is 18.4 Å². The van der Waals surface area contributed by atoms with Crippen LogP contribution in [0.4, 0.5) is 0 Å².